The molecule has 0 saturated carbocycles. The van der Waals surface area contributed by atoms with Crippen LogP contribution in [-0.4, -0.2) is 60.9 Å². The van der Waals surface area contributed by atoms with Gasteiger partial charge < -0.3 is 10.0 Å². The lowest BCUT2D eigenvalue weighted by Crippen LogP contribution is -2.49. The van der Waals surface area contributed by atoms with Crippen molar-refractivity contribution in [2.45, 2.75) is 42.9 Å². The summed E-state index contributed by atoms with van der Waals surface area (Å²) in [5, 5.41) is 9.57. The molecule has 0 radical (unpaired) electrons. The molecule has 0 bridgehead atoms. The molecule has 6 nitrogen and oxygen atoms in total. The SMILES string of the molecule is Cc1ccc(S(=O)(=O)N2CCCC(C(=O)N3CCC(O)CC3)C2)s1. The Morgan fingerprint density at radius 1 is 1.21 bits per heavy atom. The van der Waals surface area contributed by atoms with E-state index in [1.54, 1.807) is 11.0 Å². The van der Waals surface area contributed by atoms with Crippen molar-refractivity contribution in [3.05, 3.63) is 17.0 Å². The molecule has 1 aromatic heterocycles. The molecule has 1 amide bonds. The number of amides is 1. The van der Waals surface area contributed by atoms with E-state index in [4.69, 9.17) is 0 Å². The van der Waals surface area contributed by atoms with Gasteiger partial charge in [0.05, 0.1) is 12.0 Å². The van der Waals surface area contributed by atoms with Gasteiger partial charge in [-0.25, -0.2) is 8.42 Å². The van der Waals surface area contributed by atoms with Gasteiger partial charge in [0, 0.05) is 31.1 Å². The third-order valence-corrected chi connectivity index (χ3v) is 8.15. The summed E-state index contributed by atoms with van der Waals surface area (Å²) in [6.07, 6.45) is 2.33. The van der Waals surface area contributed by atoms with Crippen molar-refractivity contribution < 1.29 is 18.3 Å². The van der Waals surface area contributed by atoms with Crippen LogP contribution in [0.5, 0.6) is 0 Å². The van der Waals surface area contributed by atoms with E-state index in [-0.39, 0.29) is 24.5 Å². The Morgan fingerprint density at radius 2 is 1.92 bits per heavy atom. The Bertz CT molecular complexity index is 693. The Kier molecular flexibility index (Phi) is 5.29. The number of piperidine rings is 2. The van der Waals surface area contributed by atoms with Gasteiger partial charge in [-0.2, -0.15) is 4.31 Å². The molecule has 24 heavy (non-hydrogen) atoms. The monoisotopic (exact) mass is 372 g/mol. The van der Waals surface area contributed by atoms with E-state index < -0.39 is 10.0 Å². The number of rotatable bonds is 3. The van der Waals surface area contributed by atoms with Crippen LogP contribution in [0.15, 0.2) is 16.3 Å². The van der Waals surface area contributed by atoms with Gasteiger partial charge in [-0.15, -0.1) is 11.3 Å². The third-order valence-electron chi connectivity index (χ3n) is 4.82. The summed E-state index contributed by atoms with van der Waals surface area (Å²) in [7, 11) is -3.51. The highest BCUT2D eigenvalue weighted by Crippen LogP contribution is 2.29. The number of aliphatic hydroxyl groups is 1. The molecule has 8 heteroatoms. The average molecular weight is 373 g/mol. The minimum absolute atomic E-state index is 0.0316. The predicted octanol–water partition coefficient (Wildman–Crippen LogP) is 1.44. The molecule has 0 aromatic carbocycles. The van der Waals surface area contributed by atoms with Gasteiger partial charge in [0.1, 0.15) is 4.21 Å². The number of sulfonamides is 1. The van der Waals surface area contributed by atoms with Crippen molar-refractivity contribution in [2.24, 2.45) is 5.92 Å². The first-order chi connectivity index (χ1) is 11.4. The minimum atomic E-state index is -3.51. The van der Waals surface area contributed by atoms with E-state index >= 15 is 0 Å². The van der Waals surface area contributed by atoms with Gasteiger partial charge in [0.25, 0.3) is 10.0 Å². The standard InChI is InChI=1S/C16H24N2O4S2/c1-12-4-5-15(23-12)24(21,22)18-8-2-3-13(11-18)16(20)17-9-6-14(19)7-10-17/h4-5,13-14,19H,2-3,6-11H2,1H3. The van der Waals surface area contributed by atoms with Crippen LogP contribution in [0.3, 0.4) is 0 Å². The molecule has 3 heterocycles. The first kappa shape index (κ1) is 17.8. The maximum Gasteiger partial charge on any atom is 0.252 e. The lowest BCUT2D eigenvalue weighted by atomic mass is 9.96. The summed E-state index contributed by atoms with van der Waals surface area (Å²) in [4.78, 5) is 15.4. The quantitative estimate of drug-likeness (QED) is 0.871. The molecule has 2 aliphatic rings. The molecule has 1 atom stereocenters. The second-order valence-corrected chi connectivity index (χ2v) is 10.1. The Labute approximate surface area is 147 Å². The highest BCUT2D eigenvalue weighted by molar-refractivity contribution is 7.91. The molecular formula is C16H24N2O4S2. The maximum absolute atomic E-state index is 12.8. The fourth-order valence-electron chi connectivity index (χ4n) is 3.38. The van der Waals surface area contributed by atoms with Gasteiger partial charge >= 0.3 is 0 Å². The smallest absolute Gasteiger partial charge is 0.252 e. The van der Waals surface area contributed by atoms with Crippen LogP contribution < -0.4 is 0 Å². The van der Waals surface area contributed by atoms with Gasteiger partial charge in [-0.3, -0.25) is 4.79 Å². The predicted molar refractivity (Wildman–Crippen MR) is 92.4 cm³/mol. The second kappa shape index (κ2) is 7.11. The molecule has 1 unspecified atom stereocenters. The first-order valence-electron chi connectivity index (χ1n) is 8.41. The molecular weight excluding hydrogens is 348 g/mol. The number of hydrogen-bond acceptors (Lipinski definition) is 5. The van der Waals surface area contributed by atoms with E-state index in [2.05, 4.69) is 0 Å². The van der Waals surface area contributed by atoms with Gasteiger partial charge in [0.2, 0.25) is 5.91 Å². The molecule has 3 rings (SSSR count). The summed E-state index contributed by atoms with van der Waals surface area (Å²) in [5.74, 6) is -0.242. The van der Waals surface area contributed by atoms with Gasteiger partial charge in [0.15, 0.2) is 0 Å². The highest BCUT2D eigenvalue weighted by Gasteiger charge is 2.36. The fraction of sp³-hybridized carbons (Fsp3) is 0.688. The molecule has 2 fully saturated rings. The summed E-state index contributed by atoms with van der Waals surface area (Å²) in [6.45, 7) is 3.75. The summed E-state index contributed by atoms with van der Waals surface area (Å²) >= 11 is 1.27. The second-order valence-electron chi connectivity index (χ2n) is 6.62. The number of carbonyl (C=O) groups is 1. The Morgan fingerprint density at radius 3 is 2.54 bits per heavy atom. The van der Waals surface area contributed by atoms with Crippen LogP contribution in [0, 0.1) is 12.8 Å². The number of carbonyl (C=O) groups excluding carboxylic acids is 1. The van der Waals surface area contributed by atoms with E-state index in [1.165, 1.54) is 15.6 Å². The van der Waals surface area contributed by atoms with E-state index in [9.17, 15) is 18.3 Å². The number of aliphatic hydroxyl groups excluding tert-OH is 1. The van der Waals surface area contributed by atoms with Gasteiger partial charge in [-0.05, 0) is 44.7 Å². The Hall–Kier alpha value is -0.960. The fourth-order valence-corrected chi connectivity index (χ4v) is 6.35. The number of hydrogen-bond donors (Lipinski definition) is 1. The zero-order chi connectivity index (χ0) is 17.3. The van der Waals surface area contributed by atoms with Crippen LogP contribution in [0.4, 0.5) is 0 Å². The molecule has 0 spiro atoms. The third kappa shape index (κ3) is 3.66. The van der Waals surface area contributed by atoms with Crippen molar-refractivity contribution in [1.82, 2.24) is 9.21 Å². The van der Waals surface area contributed by atoms with Crippen LogP contribution in [-0.2, 0) is 14.8 Å². The summed E-state index contributed by atoms with van der Waals surface area (Å²) in [6, 6.07) is 3.45. The highest BCUT2D eigenvalue weighted by atomic mass is 32.2. The van der Waals surface area contributed by atoms with Crippen LogP contribution in [0.25, 0.3) is 0 Å². The van der Waals surface area contributed by atoms with Crippen molar-refractivity contribution in [3.8, 4) is 0 Å². The van der Waals surface area contributed by atoms with E-state index in [0.29, 0.717) is 43.1 Å². The lowest BCUT2D eigenvalue weighted by Gasteiger charge is -2.36. The van der Waals surface area contributed by atoms with Crippen molar-refractivity contribution in [3.63, 3.8) is 0 Å². The molecule has 134 valence electrons. The van der Waals surface area contributed by atoms with Crippen molar-refractivity contribution in [2.75, 3.05) is 26.2 Å². The van der Waals surface area contributed by atoms with Crippen molar-refractivity contribution in [1.29, 1.82) is 0 Å². The van der Waals surface area contributed by atoms with Crippen LogP contribution in [0.2, 0.25) is 0 Å². The number of aryl methyl sites for hydroxylation is 1. The summed E-state index contributed by atoms with van der Waals surface area (Å²) < 4.78 is 27.3. The minimum Gasteiger partial charge on any atom is -0.393 e. The number of likely N-dealkylation sites (tertiary alicyclic amines) is 1. The maximum atomic E-state index is 12.8. The largest absolute Gasteiger partial charge is 0.393 e. The zero-order valence-corrected chi connectivity index (χ0v) is 15.5. The molecule has 2 aliphatic heterocycles. The molecule has 2 saturated heterocycles. The number of thiophene rings is 1. The Balaban J connectivity index is 1.69. The normalized spacial score (nSPS) is 24.2. The molecule has 0 aliphatic carbocycles. The first-order valence-corrected chi connectivity index (χ1v) is 10.7. The van der Waals surface area contributed by atoms with E-state index in [1.807, 2.05) is 13.0 Å². The molecule has 1 N–H and O–H groups in total. The van der Waals surface area contributed by atoms with Crippen LogP contribution in [0.1, 0.15) is 30.6 Å². The topological polar surface area (TPSA) is 77.9 Å². The van der Waals surface area contributed by atoms with Crippen LogP contribution >= 0.6 is 11.3 Å². The summed E-state index contributed by atoms with van der Waals surface area (Å²) in [5.41, 5.74) is 0. The van der Waals surface area contributed by atoms with Gasteiger partial charge in [-0.1, -0.05) is 0 Å². The lowest BCUT2D eigenvalue weighted by molar-refractivity contribution is -0.138. The van der Waals surface area contributed by atoms with E-state index in [0.717, 1.165) is 11.3 Å². The zero-order valence-electron chi connectivity index (χ0n) is 13.8. The van der Waals surface area contributed by atoms with Crippen molar-refractivity contribution >= 4 is 27.3 Å². The number of nitrogens with zero attached hydrogens (tertiary/aromatic N) is 2. The average Bonchev–Trinajstić information content (AvgIpc) is 3.02. The molecule has 1 aromatic rings.